The molecule has 0 aliphatic carbocycles. The summed E-state index contributed by atoms with van der Waals surface area (Å²) in [6.45, 7) is 0. The summed E-state index contributed by atoms with van der Waals surface area (Å²) in [5.74, 6) is -0.941. The van der Waals surface area contributed by atoms with Gasteiger partial charge in [-0.1, -0.05) is 60.7 Å². The van der Waals surface area contributed by atoms with Crippen LogP contribution in [0.5, 0.6) is 0 Å². The highest BCUT2D eigenvalue weighted by molar-refractivity contribution is 7.70. The molecule has 0 heterocycles. The van der Waals surface area contributed by atoms with Crippen molar-refractivity contribution < 1.29 is 19.1 Å². The summed E-state index contributed by atoms with van der Waals surface area (Å²) in [5, 5.41) is 0. The van der Waals surface area contributed by atoms with E-state index in [4.69, 9.17) is 9.79 Å². The zero-order valence-corrected chi connectivity index (χ0v) is 10.9. The first kappa shape index (κ1) is 13.7. The van der Waals surface area contributed by atoms with Crippen LogP contribution in [0.25, 0.3) is 0 Å². The van der Waals surface area contributed by atoms with Crippen LogP contribution in [0.15, 0.2) is 60.7 Å². The topological polar surface area (TPSA) is 74.6 Å². The van der Waals surface area contributed by atoms with Gasteiger partial charge in [-0.2, -0.15) is 0 Å². The minimum Gasteiger partial charge on any atom is -0.319 e. The average Bonchev–Trinajstić information content (AvgIpc) is 2.40. The summed E-state index contributed by atoms with van der Waals surface area (Å²) >= 11 is 0. The third kappa shape index (κ3) is 3.18. The molecule has 0 atom stereocenters. The van der Waals surface area contributed by atoms with Crippen LogP contribution < -0.4 is 0 Å². The fraction of sp³-hybridized carbons (Fsp3) is 0.0714. The Morgan fingerprint density at radius 3 is 1.53 bits per heavy atom. The standard InChI is InChI=1S/C14H13O4P/c15-14(19(16,17)18)13(11-7-3-1-4-8-11)12-9-5-2-6-10-12/h1-10,13H,(H2,16,17,18). The molecule has 5 heteroatoms. The minimum atomic E-state index is -4.78. The predicted octanol–water partition coefficient (Wildman–Crippen LogP) is 2.52. The van der Waals surface area contributed by atoms with Crippen molar-refractivity contribution in [3.05, 3.63) is 71.8 Å². The molecule has 0 saturated heterocycles. The van der Waals surface area contributed by atoms with E-state index < -0.39 is 19.0 Å². The van der Waals surface area contributed by atoms with Crippen LogP contribution in [0.2, 0.25) is 0 Å². The Balaban J connectivity index is 2.52. The van der Waals surface area contributed by atoms with Crippen molar-refractivity contribution in [1.29, 1.82) is 0 Å². The summed E-state index contributed by atoms with van der Waals surface area (Å²) in [6.07, 6.45) is 0. The molecular weight excluding hydrogens is 263 g/mol. The van der Waals surface area contributed by atoms with E-state index in [1.54, 1.807) is 60.7 Å². The second-order valence-corrected chi connectivity index (χ2v) is 5.67. The predicted molar refractivity (Wildman–Crippen MR) is 71.8 cm³/mol. The fourth-order valence-corrected chi connectivity index (χ4v) is 2.57. The lowest BCUT2D eigenvalue weighted by Crippen LogP contribution is -2.14. The van der Waals surface area contributed by atoms with Crippen LogP contribution >= 0.6 is 7.60 Å². The molecular formula is C14H13O4P. The number of hydrogen-bond acceptors (Lipinski definition) is 2. The molecule has 2 N–H and O–H groups in total. The Kier molecular flexibility index (Phi) is 3.96. The van der Waals surface area contributed by atoms with Crippen LogP contribution in [-0.2, 0) is 9.36 Å². The van der Waals surface area contributed by atoms with Crippen molar-refractivity contribution in [2.24, 2.45) is 0 Å². The second kappa shape index (κ2) is 5.49. The Morgan fingerprint density at radius 1 is 0.842 bits per heavy atom. The largest absolute Gasteiger partial charge is 0.392 e. The van der Waals surface area contributed by atoms with Crippen LogP contribution in [-0.4, -0.2) is 15.3 Å². The van der Waals surface area contributed by atoms with E-state index >= 15 is 0 Å². The van der Waals surface area contributed by atoms with Gasteiger partial charge in [0.25, 0.3) is 5.52 Å². The highest BCUT2D eigenvalue weighted by Crippen LogP contribution is 2.44. The van der Waals surface area contributed by atoms with Gasteiger partial charge >= 0.3 is 7.60 Å². The summed E-state index contributed by atoms with van der Waals surface area (Å²) < 4.78 is 11.3. The van der Waals surface area contributed by atoms with Crippen LogP contribution in [0.4, 0.5) is 0 Å². The number of benzene rings is 2. The quantitative estimate of drug-likeness (QED) is 0.841. The Bertz CT molecular complexity index is 564. The first-order valence-corrected chi connectivity index (χ1v) is 7.31. The maximum atomic E-state index is 12.0. The zero-order chi connectivity index (χ0) is 13.9. The lowest BCUT2D eigenvalue weighted by molar-refractivity contribution is -0.114. The number of hydrogen-bond donors (Lipinski definition) is 2. The molecule has 2 rings (SSSR count). The third-order valence-electron chi connectivity index (χ3n) is 2.80. The number of carbonyl (C=O) groups is 1. The molecule has 0 spiro atoms. The van der Waals surface area contributed by atoms with Gasteiger partial charge in [0.1, 0.15) is 0 Å². The zero-order valence-electron chi connectivity index (χ0n) is 10.0. The van der Waals surface area contributed by atoms with Crippen molar-refractivity contribution in [3.8, 4) is 0 Å². The van der Waals surface area contributed by atoms with Crippen molar-refractivity contribution in [2.45, 2.75) is 5.92 Å². The minimum absolute atomic E-state index is 0.571. The van der Waals surface area contributed by atoms with Crippen LogP contribution in [0.3, 0.4) is 0 Å². The summed E-state index contributed by atoms with van der Waals surface area (Å²) in [4.78, 5) is 30.3. The van der Waals surface area contributed by atoms with Gasteiger partial charge in [0, 0.05) is 0 Å². The van der Waals surface area contributed by atoms with Gasteiger partial charge in [0.05, 0.1) is 5.92 Å². The van der Waals surface area contributed by atoms with Crippen molar-refractivity contribution >= 4 is 13.1 Å². The first-order valence-electron chi connectivity index (χ1n) is 5.70. The van der Waals surface area contributed by atoms with Crippen molar-refractivity contribution in [2.75, 3.05) is 0 Å². The van der Waals surface area contributed by atoms with Gasteiger partial charge in [-0.15, -0.1) is 0 Å². The molecule has 0 aliphatic heterocycles. The van der Waals surface area contributed by atoms with E-state index in [1.807, 2.05) is 0 Å². The van der Waals surface area contributed by atoms with Gasteiger partial charge in [0.15, 0.2) is 0 Å². The average molecular weight is 276 g/mol. The van der Waals surface area contributed by atoms with E-state index in [0.717, 1.165) is 0 Å². The normalized spacial score (nSPS) is 11.5. The lowest BCUT2D eigenvalue weighted by Gasteiger charge is -2.17. The van der Waals surface area contributed by atoms with Crippen molar-refractivity contribution in [1.82, 2.24) is 0 Å². The summed E-state index contributed by atoms with van der Waals surface area (Å²) in [5.41, 5.74) is 0.0638. The van der Waals surface area contributed by atoms with E-state index in [2.05, 4.69) is 0 Å². The molecule has 4 nitrogen and oxygen atoms in total. The van der Waals surface area contributed by atoms with Gasteiger partial charge in [0.2, 0.25) is 0 Å². The number of rotatable bonds is 4. The molecule has 98 valence electrons. The molecule has 0 radical (unpaired) electrons. The molecule has 0 fully saturated rings. The van der Waals surface area contributed by atoms with Gasteiger partial charge < -0.3 is 9.79 Å². The maximum Gasteiger partial charge on any atom is 0.392 e. The van der Waals surface area contributed by atoms with E-state index in [9.17, 15) is 9.36 Å². The number of carbonyl (C=O) groups excluding carboxylic acids is 1. The van der Waals surface area contributed by atoms with Crippen LogP contribution in [0, 0.1) is 0 Å². The molecule has 0 saturated carbocycles. The SMILES string of the molecule is O=C(C(c1ccccc1)c1ccccc1)P(=O)(O)O. The van der Waals surface area contributed by atoms with E-state index in [1.165, 1.54) is 0 Å². The smallest absolute Gasteiger partial charge is 0.319 e. The monoisotopic (exact) mass is 276 g/mol. The summed E-state index contributed by atoms with van der Waals surface area (Å²) in [7, 11) is -4.78. The van der Waals surface area contributed by atoms with Gasteiger partial charge in [-0.3, -0.25) is 9.36 Å². The van der Waals surface area contributed by atoms with Gasteiger partial charge in [-0.05, 0) is 11.1 Å². The molecule has 0 amide bonds. The molecule has 2 aromatic rings. The highest BCUT2D eigenvalue weighted by Gasteiger charge is 2.35. The lowest BCUT2D eigenvalue weighted by atomic mass is 9.92. The van der Waals surface area contributed by atoms with E-state index in [-0.39, 0.29) is 0 Å². The Morgan fingerprint density at radius 2 is 1.21 bits per heavy atom. The first-order chi connectivity index (χ1) is 9.00. The molecule has 0 bridgehead atoms. The Labute approximate surface area is 110 Å². The Hall–Kier alpha value is -1.74. The molecule has 0 aromatic heterocycles. The molecule has 2 aromatic carbocycles. The van der Waals surface area contributed by atoms with Gasteiger partial charge in [-0.25, -0.2) is 0 Å². The van der Waals surface area contributed by atoms with Crippen LogP contribution in [0.1, 0.15) is 17.0 Å². The second-order valence-electron chi connectivity index (χ2n) is 4.14. The van der Waals surface area contributed by atoms with E-state index in [0.29, 0.717) is 11.1 Å². The van der Waals surface area contributed by atoms with Crippen molar-refractivity contribution in [3.63, 3.8) is 0 Å². The molecule has 19 heavy (non-hydrogen) atoms. The summed E-state index contributed by atoms with van der Waals surface area (Å²) in [6, 6.07) is 17.3. The third-order valence-corrected chi connectivity index (χ3v) is 3.63. The maximum absolute atomic E-state index is 12.0. The highest BCUT2D eigenvalue weighted by atomic mass is 31.2. The molecule has 0 aliphatic rings. The fourth-order valence-electron chi connectivity index (χ4n) is 1.94. The molecule has 0 unspecified atom stereocenters.